The van der Waals surface area contributed by atoms with Gasteiger partial charge in [-0.15, -0.1) is 10.2 Å². The fourth-order valence-corrected chi connectivity index (χ4v) is 3.52. The van der Waals surface area contributed by atoms with Crippen LogP contribution >= 0.6 is 0 Å². The number of nitrogens with zero attached hydrogens (tertiary/aromatic N) is 3. The number of nitrogens with one attached hydrogen (secondary N) is 1. The maximum atomic E-state index is 12.8. The third kappa shape index (κ3) is 5.42. The van der Waals surface area contributed by atoms with Crippen LogP contribution in [0.4, 0.5) is 5.69 Å². The van der Waals surface area contributed by atoms with E-state index in [1.807, 2.05) is 61.5 Å². The van der Waals surface area contributed by atoms with Crippen molar-refractivity contribution >= 4 is 11.6 Å². The molecule has 0 radical (unpaired) electrons. The van der Waals surface area contributed by atoms with Crippen molar-refractivity contribution in [3.63, 3.8) is 0 Å². The zero-order chi connectivity index (χ0) is 24.0. The summed E-state index contributed by atoms with van der Waals surface area (Å²) in [7, 11) is 0. The number of carbonyl (C=O) groups excluding carboxylic acids is 1. The molecule has 0 atom stereocenters. The van der Waals surface area contributed by atoms with Crippen LogP contribution in [-0.2, 0) is 6.61 Å². The molecule has 1 N–H and O–H groups in total. The monoisotopic (exact) mass is 462 g/mol. The lowest BCUT2D eigenvalue weighted by molar-refractivity contribution is 0.102. The Morgan fingerprint density at radius 1 is 0.886 bits per heavy atom. The molecule has 2 heterocycles. The topological polar surface area (TPSA) is 90.1 Å². The fraction of sp³-hybridized carbons (Fsp3) is 0.0714. The van der Waals surface area contributed by atoms with Gasteiger partial charge in [-0.25, -0.2) is 0 Å². The minimum Gasteiger partial charge on any atom is -0.489 e. The number of rotatable bonds is 7. The van der Waals surface area contributed by atoms with E-state index >= 15 is 0 Å². The first kappa shape index (κ1) is 22.0. The van der Waals surface area contributed by atoms with Crippen molar-refractivity contribution in [1.29, 1.82) is 0 Å². The Kier molecular flexibility index (Phi) is 6.30. The third-order valence-electron chi connectivity index (χ3n) is 5.30. The van der Waals surface area contributed by atoms with Crippen molar-refractivity contribution in [1.82, 2.24) is 15.2 Å². The smallest absolute Gasteiger partial charge is 0.255 e. The number of hydrogen-bond donors (Lipinski definition) is 1. The molecule has 0 saturated heterocycles. The normalized spacial score (nSPS) is 10.7. The lowest BCUT2D eigenvalue weighted by Gasteiger charge is -2.09. The Hall–Kier alpha value is -4.78. The molecular formula is C28H22N4O3. The molecule has 0 aliphatic heterocycles. The molecule has 0 aliphatic carbocycles. The van der Waals surface area contributed by atoms with Crippen molar-refractivity contribution in [2.75, 3.05) is 5.32 Å². The maximum absolute atomic E-state index is 12.8. The zero-order valence-corrected chi connectivity index (χ0v) is 19.0. The molecule has 0 spiro atoms. The van der Waals surface area contributed by atoms with Crippen LogP contribution in [0.3, 0.4) is 0 Å². The van der Waals surface area contributed by atoms with Crippen LogP contribution in [-0.4, -0.2) is 21.1 Å². The van der Waals surface area contributed by atoms with Crippen molar-refractivity contribution in [3.8, 4) is 28.7 Å². The van der Waals surface area contributed by atoms with Crippen molar-refractivity contribution < 1.29 is 13.9 Å². The standard InChI is InChI=1S/C28H22N4O3/c1-19-5-2-7-23(15-19)28-32-31-27(35-28)22-12-10-21(11-13-22)26(33)30-24-8-3-9-25(16-24)34-18-20-6-4-14-29-17-20/h2-17H,18H2,1H3,(H,30,33). The molecule has 5 aromatic rings. The lowest BCUT2D eigenvalue weighted by Crippen LogP contribution is -2.11. The molecule has 0 aliphatic rings. The summed E-state index contributed by atoms with van der Waals surface area (Å²) in [6.45, 7) is 2.41. The predicted octanol–water partition coefficient (Wildman–Crippen LogP) is 5.94. The molecular weight excluding hydrogens is 440 g/mol. The van der Waals surface area contributed by atoms with Gasteiger partial charge in [0.2, 0.25) is 11.8 Å². The van der Waals surface area contributed by atoms with E-state index in [1.54, 1.807) is 42.7 Å². The summed E-state index contributed by atoms with van der Waals surface area (Å²) in [6, 6.07) is 26.0. The van der Waals surface area contributed by atoms with E-state index in [4.69, 9.17) is 9.15 Å². The highest BCUT2D eigenvalue weighted by Crippen LogP contribution is 2.25. The first-order valence-corrected chi connectivity index (χ1v) is 11.1. The van der Waals surface area contributed by atoms with Gasteiger partial charge >= 0.3 is 0 Å². The summed E-state index contributed by atoms with van der Waals surface area (Å²) in [6.07, 6.45) is 3.48. The first-order chi connectivity index (χ1) is 17.1. The second-order valence-corrected chi connectivity index (χ2v) is 7.99. The molecule has 0 saturated carbocycles. The Morgan fingerprint density at radius 2 is 1.69 bits per heavy atom. The zero-order valence-electron chi connectivity index (χ0n) is 19.0. The number of pyridine rings is 1. The highest BCUT2D eigenvalue weighted by molar-refractivity contribution is 6.04. The summed E-state index contributed by atoms with van der Waals surface area (Å²) >= 11 is 0. The molecule has 0 fully saturated rings. The molecule has 0 unspecified atom stereocenters. The van der Waals surface area contributed by atoms with Crippen LogP contribution in [0, 0.1) is 6.92 Å². The van der Waals surface area contributed by atoms with E-state index in [0.717, 1.165) is 22.3 Å². The molecule has 0 bridgehead atoms. The molecule has 172 valence electrons. The second-order valence-electron chi connectivity index (χ2n) is 7.99. The number of amides is 1. The van der Waals surface area contributed by atoms with Crippen molar-refractivity contribution in [3.05, 3.63) is 114 Å². The quantitative estimate of drug-likeness (QED) is 0.322. The molecule has 2 aromatic heterocycles. The Balaban J connectivity index is 1.23. The van der Waals surface area contributed by atoms with Crippen LogP contribution in [0.2, 0.25) is 0 Å². The van der Waals surface area contributed by atoms with Crippen LogP contribution < -0.4 is 10.1 Å². The molecule has 7 nitrogen and oxygen atoms in total. The van der Waals surface area contributed by atoms with Gasteiger partial charge in [0.1, 0.15) is 12.4 Å². The number of carbonyl (C=O) groups is 1. The number of aryl methyl sites for hydroxylation is 1. The highest BCUT2D eigenvalue weighted by atomic mass is 16.5. The van der Waals surface area contributed by atoms with Gasteiger partial charge < -0.3 is 14.5 Å². The predicted molar refractivity (Wildman–Crippen MR) is 133 cm³/mol. The number of anilines is 1. The van der Waals surface area contributed by atoms with E-state index in [0.29, 0.717) is 35.4 Å². The molecule has 35 heavy (non-hydrogen) atoms. The van der Waals surface area contributed by atoms with Crippen molar-refractivity contribution in [2.45, 2.75) is 13.5 Å². The van der Waals surface area contributed by atoms with Gasteiger partial charge in [0.05, 0.1) is 0 Å². The van der Waals surface area contributed by atoms with E-state index in [2.05, 4.69) is 20.5 Å². The average molecular weight is 463 g/mol. The minimum absolute atomic E-state index is 0.230. The molecule has 7 heteroatoms. The van der Waals surface area contributed by atoms with Gasteiger partial charge in [-0.2, -0.15) is 0 Å². The Labute approximate surface area is 202 Å². The SMILES string of the molecule is Cc1cccc(-c2nnc(-c3ccc(C(=O)Nc4cccc(OCc5cccnc5)c4)cc3)o2)c1. The Bertz CT molecular complexity index is 1450. The molecule has 1 amide bonds. The summed E-state index contributed by atoms with van der Waals surface area (Å²) < 4.78 is 11.6. The van der Waals surface area contributed by atoms with Gasteiger partial charge in [0.25, 0.3) is 5.91 Å². The summed E-state index contributed by atoms with van der Waals surface area (Å²) in [5.41, 5.74) is 4.83. The van der Waals surface area contributed by atoms with Crippen LogP contribution in [0.5, 0.6) is 5.75 Å². The largest absolute Gasteiger partial charge is 0.489 e. The second kappa shape index (κ2) is 10.0. The van der Waals surface area contributed by atoms with Gasteiger partial charge in [0.15, 0.2) is 0 Å². The van der Waals surface area contributed by atoms with E-state index in [9.17, 15) is 4.79 Å². The summed E-state index contributed by atoms with van der Waals surface area (Å²) in [5.74, 6) is 1.28. The van der Waals surface area contributed by atoms with Crippen LogP contribution in [0.15, 0.2) is 102 Å². The lowest BCUT2D eigenvalue weighted by atomic mass is 10.1. The van der Waals surface area contributed by atoms with Crippen LogP contribution in [0.1, 0.15) is 21.5 Å². The molecule has 5 rings (SSSR count). The Morgan fingerprint density at radius 3 is 2.46 bits per heavy atom. The maximum Gasteiger partial charge on any atom is 0.255 e. The first-order valence-electron chi connectivity index (χ1n) is 11.1. The summed E-state index contributed by atoms with van der Waals surface area (Å²) in [4.78, 5) is 16.8. The number of ether oxygens (including phenoxy) is 1. The van der Waals surface area contributed by atoms with Gasteiger partial charge in [-0.05, 0) is 61.5 Å². The number of hydrogen-bond acceptors (Lipinski definition) is 6. The van der Waals surface area contributed by atoms with Gasteiger partial charge in [0, 0.05) is 46.4 Å². The van der Waals surface area contributed by atoms with Crippen LogP contribution in [0.25, 0.3) is 22.9 Å². The fourth-order valence-electron chi connectivity index (χ4n) is 3.52. The van der Waals surface area contributed by atoms with E-state index in [1.165, 1.54) is 0 Å². The van der Waals surface area contributed by atoms with Gasteiger partial charge in [-0.3, -0.25) is 9.78 Å². The van der Waals surface area contributed by atoms with E-state index in [-0.39, 0.29) is 5.91 Å². The molecule has 3 aromatic carbocycles. The summed E-state index contributed by atoms with van der Waals surface area (Å²) in [5, 5.41) is 11.2. The van der Waals surface area contributed by atoms with Gasteiger partial charge in [-0.1, -0.05) is 29.8 Å². The van der Waals surface area contributed by atoms with Crippen molar-refractivity contribution in [2.24, 2.45) is 0 Å². The number of aromatic nitrogens is 3. The highest BCUT2D eigenvalue weighted by Gasteiger charge is 2.12. The minimum atomic E-state index is -0.230. The third-order valence-corrected chi connectivity index (χ3v) is 5.30. The average Bonchev–Trinajstić information content (AvgIpc) is 3.39. The van der Waals surface area contributed by atoms with E-state index < -0.39 is 0 Å². The number of benzene rings is 3.